The Kier molecular flexibility index (Phi) is 4.48. The Labute approximate surface area is 152 Å². The van der Waals surface area contributed by atoms with Crippen molar-refractivity contribution in [3.63, 3.8) is 0 Å². The third-order valence-corrected chi connectivity index (χ3v) is 4.51. The minimum atomic E-state index is 0.488. The number of hydrogen-bond donors (Lipinski definition) is 1. The number of benzene rings is 4. The maximum absolute atomic E-state index is 13.9. The van der Waals surface area contributed by atoms with Gasteiger partial charge in [0.2, 0.25) is 0 Å². The lowest BCUT2D eigenvalue weighted by Crippen LogP contribution is -1.94. The molecule has 0 aliphatic rings. The summed E-state index contributed by atoms with van der Waals surface area (Å²) in [4.78, 5) is 0. The lowest BCUT2D eigenvalue weighted by Gasteiger charge is -2.16. The van der Waals surface area contributed by atoms with Crippen molar-refractivity contribution in [2.75, 3.05) is 5.54 Å². The molecule has 0 aliphatic heterocycles. The summed E-state index contributed by atoms with van der Waals surface area (Å²) in [7, 11) is 0. The highest BCUT2D eigenvalue weighted by atomic mass is 19.2. The average molecular weight is 339 g/mol. The molecule has 4 aromatic rings. The quantitative estimate of drug-likeness (QED) is 0.395. The molecule has 1 nitrogen and oxygen atoms in total. The predicted molar refractivity (Wildman–Crippen MR) is 107 cm³/mol. The van der Waals surface area contributed by atoms with E-state index in [0.717, 1.165) is 33.4 Å². The Morgan fingerprint density at radius 3 is 1.23 bits per heavy atom. The summed E-state index contributed by atoms with van der Waals surface area (Å²) in [6.07, 6.45) is 0. The summed E-state index contributed by atoms with van der Waals surface area (Å²) in [5, 5.41) is 0. The van der Waals surface area contributed by atoms with Crippen LogP contribution in [0.1, 0.15) is 0 Å². The van der Waals surface area contributed by atoms with Crippen molar-refractivity contribution in [1.82, 2.24) is 0 Å². The van der Waals surface area contributed by atoms with E-state index < -0.39 is 0 Å². The van der Waals surface area contributed by atoms with Gasteiger partial charge in [0.1, 0.15) is 0 Å². The molecule has 0 radical (unpaired) electrons. The maximum Gasteiger partial charge on any atom is 0.0812 e. The first-order chi connectivity index (χ1) is 12.9. The second kappa shape index (κ2) is 7.24. The number of anilines is 1. The Morgan fingerprint density at radius 1 is 0.462 bits per heavy atom. The third kappa shape index (κ3) is 3.09. The summed E-state index contributed by atoms with van der Waals surface area (Å²) in [5.74, 6) is 0. The summed E-state index contributed by atoms with van der Waals surface area (Å²) in [5.41, 5.74) is 8.22. The molecule has 2 heteroatoms. The molecule has 0 saturated carbocycles. The van der Waals surface area contributed by atoms with Crippen LogP contribution in [0.5, 0.6) is 0 Å². The van der Waals surface area contributed by atoms with Gasteiger partial charge in [0.15, 0.2) is 0 Å². The molecule has 0 bridgehead atoms. The first-order valence-corrected chi connectivity index (χ1v) is 8.58. The second-order valence-corrected chi connectivity index (χ2v) is 6.14. The van der Waals surface area contributed by atoms with Crippen LogP contribution in [0.25, 0.3) is 33.4 Å². The smallest absolute Gasteiger partial charge is 0.0812 e. The van der Waals surface area contributed by atoms with Crippen LogP contribution in [-0.4, -0.2) is 0 Å². The maximum atomic E-state index is 13.9. The standard InChI is InChI=1S/C24H18FN/c25-26-24-22(19-12-6-2-7-13-19)16-21(18-10-4-1-5-11-18)17-23(24)20-14-8-3-9-15-20/h1-17,26H. The molecule has 0 heterocycles. The van der Waals surface area contributed by atoms with Crippen molar-refractivity contribution >= 4 is 5.69 Å². The zero-order valence-corrected chi connectivity index (χ0v) is 14.2. The molecule has 0 aromatic heterocycles. The summed E-state index contributed by atoms with van der Waals surface area (Å²) in [6.45, 7) is 0. The first-order valence-electron chi connectivity index (χ1n) is 8.58. The lowest BCUT2D eigenvalue weighted by molar-refractivity contribution is 0.618. The zero-order chi connectivity index (χ0) is 17.8. The van der Waals surface area contributed by atoms with Crippen LogP contribution in [0.15, 0.2) is 103 Å². The van der Waals surface area contributed by atoms with E-state index in [4.69, 9.17) is 0 Å². The summed E-state index contributed by atoms with van der Waals surface area (Å²) in [6, 6.07) is 34.0. The van der Waals surface area contributed by atoms with Crippen LogP contribution in [0.3, 0.4) is 0 Å². The molecule has 0 atom stereocenters. The molecular formula is C24H18FN. The molecule has 0 amide bonds. The Hall–Kier alpha value is -3.39. The molecule has 0 spiro atoms. The molecule has 1 N–H and O–H groups in total. The normalized spacial score (nSPS) is 10.5. The SMILES string of the molecule is FNc1c(-c2ccccc2)cc(-c2ccccc2)cc1-c1ccccc1. The fourth-order valence-corrected chi connectivity index (χ4v) is 3.23. The van der Waals surface area contributed by atoms with E-state index in [-0.39, 0.29) is 0 Å². The molecule has 0 fully saturated rings. The molecule has 4 rings (SSSR count). The highest BCUT2D eigenvalue weighted by Gasteiger charge is 2.15. The lowest BCUT2D eigenvalue weighted by atomic mass is 9.91. The minimum absolute atomic E-state index is 0.488. The molecule has 26 heavy (non-hydrogen) atoms. The van der Waals surface area contributed by atoms with E-state index >= 15 is 0 Å². The van der Waals surface area contributed by atoms with E-state index in [1.54, 1.807) is 0 Å². The van der Waals surface area contributed by atoms with Gasteiger partial charge in [0.25, 0.3) is 0 Å². The van der Waals surface area contributed by atoms with Gasteiger partial charge in [-0.25, -0.2) is 5.54 Å². The Balaban J connectivity index is 2.01. The highest BCUT2D eigenvalue weighted by molar-refractivity contribution is 5.94. The fourth-order valence-electron chi connectivity index (χ4n) is 3.23. The third-order valence-electron chi connectivity index (χ3n) is 4.51. The molecule has 126 valence electrons. The van der Waals surface area contributed by atoms with Gasteiger partial charge in [-0.15, -0.1) is 4.48 Å². The van der Waals surface area contributed by atoms with Crippen molar-refractivity contribution < 1.29 is 4.48 Å². The zero-order valence-electron chi connectivity index (χ0n) is 14.2. The molecule has 0 saturated heterocycles. The van der Waals surface area contributed by atoms with Crippen molar-refractivity contribution in [3.05, 3.63) is 103 Å². The van der Waals surface area contributed by atoms with Crippen molar-refractivity contribution in [3.8, 4) is 33.4 Å². The van der Waals surface area contributed by atoms with Gasteiger partial charge < -0.3 is 0 Å². The largest absolute Gasteiger partial charge is 0.223 e. The van der Waals surface area contributed by atoms with Gasteiger partial charge >= 0.3 is 0 Å². The minimum Gasteiger partial charge on any atom is -0.223 e. The predicted octanol–water partition coefficient (Wildman–Crippen LogP) is 6.98. The van der Waals surface area contributed by atoms with E-state index in [2.05, 4.69) is 12.1 Å². The van der Waals surface area contributed by atoms with Gasteiger partial charge in [0, 0.05) is 11.1 Å². The van der Waals surface area contributed by atoms with Gasteiger partial charge in [-0.1, -0.05) is 91.0 Å². The number of nitrogens with one attached hydrogen (secondary N) is 1. The molecule has 4 aromatic carbocycles. The van der Waals surface area contributed by atoms with E-state index in [9.17, 15) is 4.48 Å². The van der Waals surface area contributed by atoms with Crippen molar-refractivity contribution in [2.45, 2.75) is 0 Å². The van der Waals surface area contributed by atoms with Crippen LogP contribution in [0.4, 0.5) is 10.2 Å². The van der Waals surface area contributed by atoms with Crippen LogP contribution >= 0.6 is 0 Å². The fraction of sp³-hybridized carbons (Fsp3) is 0. The first kappa shape index (κ1) is 16.1. The van der Waals surface area contributed by atoms with Gasteiger partial charge in [-0.05, 0) is 34.4 Å². The monoisotopic (exact) mass is 339 g/mol. The van der Waals surface area contributed by atoms with Gasteiger partial charge in [-0.2, -0.15) is 0 Å². The van der Waals surface area contributed by atoms with Crippen LogP contribution in [0, 0.1) is 0 Å². The number of rotatable bonds is 4. The molecule has 0 aliphatic carbocycles. The van der Waals surface area contributed by atoms with Gasteiger partial charge in [-0.3, -0.25) is 0 Å². The number of hydrogen-bond acceptors (Lipinski definition) is 1. The van der Waals surface area contributed by atoms with Crippen LogP contribution < -0.4 is 5.54 Å². The summed E-state index contributed by atoms with van der Waals surface area (Å²) >= 11 is 0. The number of halogens is 1. The average Bonchev–Trinajstić information content (AvgIpc) is 2.74. The Bertz CT molecular complexity index is 936. The van der Waals surface area contributed by atoms with E-state index in [0.29, 0.717) is 5.69 Å². The topological polar surface area (TPSA) is 12.0 Å². The van der Waals surface area contributed by atoms with E-state index in [1.807, 2.05) is 96.5 Å². The van der Waals surface area contributed by atoms with E-state index in [1.165, 1.54) is 0 Å². The second-order valence-electron chi connectivity index (χ2n) is 6.14. The Morgan fingerprint density at radius 2 is 0.846 bits per heavy atom. The summed E-state index contributed by atoms with van der Waals surface area (Å²) < 4.78 is 13.9. The van der Waals surface area contributed by atoms with Crippen LogP contribution in [-0.2, 0) is 0 Å². The highest BCUT2D eigenvalue weighted by Crippen LogP contribution is 2.41. The van der Waals surface area contributed by atoms with Gasteiger partial charge in [0.05, 0.1) is 5.69 Å². The molecule has 0 unspecified atom stereocenters. The van der Waals surface area contributed by atoms with Crippen molar-refractivity contribution in [1.29, 1.82) is 0 Å². The van der Waals surface area contributed by atoms with Crippen LogP contribution in [0.2, 0.25) is 0 Å². The molecular weight excluding hydrogens is 321 g/mol. The van der Waals surface area contributed by atoms with Crippen molar-refractivity contribution in [2.24, 2.45) is 0 Å².